The fraction of sp³-hybridized carbons (Fsp3) is 0.588. The van der Waals surface area contributed by atoms with Crippen molar-refractivity contribution in [1.82, 2.24) is 15.1 Å². The van der Waals surface area contributed by atoms with Crippen LogP contribution in [0.25, 0.3) is 0 Å². The molecule has 2 atom stereocenters. The van der Waals surface area contributed by atoms with Crippen LogP contribution in [-0.4, -0.2) is 87.3 Å². The lowest BCUT2D eigenvalue weighted by atomic mass is 9.82. The normalized spacial score (nSPS) is 18.6. The Labute approximate surface area is 251 Å². The van der Waals surface area contributed by atoms with Crippen LogP contribution in [0.2, 0.25) is 0 Å². The van der Waals surface area contributed by atoms with E-state index in [4.69, 9.17) is 14.2 Å². The third kappa shape index (κ3) is 7.64. The number of methoxy groups -OCH3 is 2. The molecular weight excluding hydrogens is 530 g/mol. The van der Waals surface area contributed by atoms with E-state index in [1.807, 2.05) is 55.1 Å². The van der Waals surface area contributed by atoms with Gasteiger partial charge in [0.1, 0.15) is 0 Å². The fourth-order valence-electron chi connectivity index (χ4n) is 5.84. The first-order chi connectivity index (χ1) is 20.2. The third-order valence-corrected chi connectivity index (χ3v) is 8.67. The summed E-state index contributed by atoms with van der Waals surface area (Å²) >= 11 is 0. The van der Waals surface area contributed by atoms with Crippen LogP contribution in [0.5, 0.6) is 11.5 Å². The zero-order valence-corrected chi connectivity index (χ0v) is 26.2. The topological polar surface area (TPSA) is 80.3 Å². The molecule has 0 aromatic heterocycles. The SMILES string of the molecule is COCCCOc1cc(C(=O)N(C[C@@H]2CNC[C@H]2CN(C(=O)C(C)(C)c2ccccc2)C2CC2)C(C)C)ccc1OC. The van der Waals surface area contributed by atoms with E-state index in [-0.39, 0.29) is 29.7 Å². The highest BCUT2D eigenvalue weighted by Gasteiger charge is 2.43. The van der Waals surface area contributed by atoms with Gasteiger partial charge in [-0.15, -0.1) is 0 Å². The molecule has 2 aromatic rings. The quantitative estimate of drug-likeness (QED) is 0.307. The standard InChI is InChI=1S/C34H49N3O5/c1-24(2)36(32(38)25-13-16-30(41-6)31(19-25)42-18-10-17-40-5)22-26-20-35-21-27(26)23-37(29-14-15-29)33(39)34(3,4)28-11-8-7-9-12-28/h7-9,11-13,16,19,24,26-27,29,35H,10,14-15,17-18,20-23H2,1-6H3/t26-,27-/m0/s1. The molecule has 0 unspecified atom stereocenters. The minimum absolute atomic E-state index is 0.0186. The molecule has 0 bridgehead atoms. The van der Waals surface area contributed by atoms with Crippen LogP contribution >= 0.6 is 0 Å². The Kier molecular flexibility index (Phi) is 10.9. The van der Waals surface area contributed by atoms with Gasteiger partial charge >= 0.3 is 0 Å². The third-order valence-electron chi connectivity index (χ3n) is 8.67. The number of carbonyl (C=O) groups is 2. The average Bonchev–Trinajstić information content (AvgIpc) is 3.74. The maximum absolute atomic E-state index is 14.0. The minimum atomic E-state index is -0.594. The zero-order valence-electron chi connectivity index (χ0n) is 26.2. The van der Waals surface area contributed by atoms with Gasteiger partial charge in [0.15, 0.2) is 11.5 Å². The molecule has 1 aliphatic heterocycles. The van der Waals surface area contributed by atoms with Gasteiger partial charge < -0.3 is 29.3 Å². The van der Waals surface area contributed by atoms with Gasteiger partial charge in [0.05, 0.1) is 19.1 Å². The van der Waals surface area contributed by atoms with Gasteiger partial charge in [0.2, 0.25) is 5.91 Å². The number of carbonyl (C=O) groups excluding carboxylic acids is 2. The lowest BCUT2D eigenvalue weighted by Gasteiger charge is -2.36. The lowest BCUT2D eigenvalue weighted by Crippen LogP contribution is -2.49. The zero-order chi connectivity index (χ0) is 30.3. The van der Waals surface area contributed by atoms with Gasteiger partial charge in [0.25, 0.3) is 5.91 Å². The second-order valence-electron chi connectivity index (χ2n) is 12.5. The molecule has 2 aliphatic rings. The van der Waals surface area contributed by atoms with Crippen LogP contribution < -0.4 is 14.8 Å². The maximum Gasteiger partial charge on any atom is 0.254 e. The second kappa shape index (κ2) is 14.4. The summed E-state index contributed by atoms with van der Waals surface area (Å²) in [5, 5.41) is 3.55. The van der Waals surface area contributed by atoms with E-state index in [1.165, 1.54) is 0 Å². The maximum atomic E-state index is 14.0. The Bertz CT molecular complexity index is 1180. The molecule has 1 saturated carbocycles. The van der Waals surface area contributed by atoms with Crippen LogP contribution in [0.15, 0.2) is 48.5 Å². The van der Waals surface area contributed by atoms with Gasteiger partial charge in [-0.25, -0.2) is 0 Å². The number of amides is 2. The summed E-state index contributed by atoms with van der Waals surface area (Å²) in [5.41, 5.74) is 1.02. The highest BCUT2D eigenvalue weighted by Crippen LogP contribution is 2.35. The van der Waals surface area contributed by atoms with E-state index < -0.39 is 5.41 Å². The van der Waals surface area contributed by atoms with Gasteiger partial charge in [-0.05, 0) is 76.1 Å². The summed E-state index contributed by atoms with van der Waals surface area (Å²) in [6, 6.07) is 15.8. The molecule has 2 amide bonds. The molecule has 2 aromatic carbocycles. The Morgan fingerprint density at radius 3 is 2.26 bits per heavy atom. The van der Waals surface area contributed by atoms with Crippen molar-refractivity contribution < 1.29 is 23.8 Å². The van der Waals surface area contributed by atoms with Crippen molar-refractivity contribution in [3.05, 3.63) is 59.7 Å². The van der Waals surface area contributed by atoms with E-state index in [0.29, 0.717) is 49.4 Å². The van der Waals surface area contributed by atoms with Crippen LogP contribution in [-0.2, 0) is 14.9 Å². The smallest absolute Gasteiger partial charge is 0.254 e. The molecule has 1 aliphatic carbocycles. The molecule has 4 rings (SSSR count). The Morgan fingerprint density at radius 2 is 1.64 bits per heavy atom. The van der Waals surface area contributed by atoms with Gasteiger partial charge in [0, 0.05) is 64.0 Å². The number of nitrogens with one attached hydrogen (secondary N) is 1. The van der Waals surface area contributed by atoms with Gasteiger partial charge in [-0.1, -0.05) is 30.3 Å². The van der Waals surface area contributed by atoms with Crippen molar-refractivity contribution in [2.45, 2.75) is 64.5 Å². The molecule has 42 heavy (non-hydrogen) atoms. The number of rotatable bonds is 15. The van der Waals surface area contributed by atoms with Crippen molar-refractivity contribution in [3.8, 4) is 11.5 Å². The summed E-state index contributed by atoms with van der Waals surface area (Å²) in [7, 11) is 3.26. The Balaban J connectivity index is 1.47. The lowest BCUT2D eigenvalue weighted by molar-refractivity contribution is -0.137. The van der Waals surface area contributed by atoms with Crippen LogP contribution in [0, 0.1) is 11.8 Å². The summed E-state index contributed by atoms with van der Waals surface area (Å²) in [6.45, 7) is 12.3. The molecule has 8 nitrogen and oxygen atoms in total. The van der Waals surface area contributed by atoms with Crippen molar-refractivity contribution in [3.63, 3.8) is 0 Å². The second-order valence-corrected chi connectivity index (χ2v) is 12.5. The largest absolute Gasteiger partial charge is 0.493 e. The molecular formula is C34H49N3O5. The monoisotopic (exact) mass is 579 g/mol. The minimum Gasteiger partial charge on any atom is -0.493 e. The first-order valence-electron chi connectivity index (χ1n) is 15.3. The first kappa shape index (κ1) is 31.8. The number of benzene rings is 2. The van der Waals surface area contributed by atoms with Gasteiger partial charge in [-0.3, -0.25) is 9.59 Å². The van der Waals surface area contributed by atoms with Crippen molar-refractivity contribution >= 4 is 11.8 Å². The van der Waals surface area contributed by atoms with E-state index in [9.17, 15) is 9.59 Å². The first-order valence-corrected chi connectivity index (χ1v) is 15.3. The predicted octanol–water partition coefficient (Wildman–Crippen LogP) is 4.77. The number of ether oxygens (including phenoxy) is 3. The number of nitrogens with zero attached hydrogens (tertiary/aromatic N) is 2. The summed E-state index contributed by atoms with van der Waals surface area (Å²) < 4.78 is 16.5. The average molecular weight is 580 g/mol. The molecule has 2 fully saturated rings. The van der Waals surface area contributed by atoms with E-state index >= 15 is 0 Å². The van der Waals surface area contributed by atoms with Crippen molar-refractivity contribution in [2.75, 3.05) is 53.6 Å². The fourth-order valence-corrected chi connectivity index (χ4v) is 5.84. The molecule has 1 heterocycles. The Hall–Kier alpha value is -3.10. The number of hydrogen-bond donors (Lipinski definition) is 1. The molecule has 1 saturated heterocycles. The predicted molar refractivity (Wildman–Crippen MR) is 165 cm³/mol. The Morgan fingerprint density at radius 1 is 0.952 bits per heavy atom. The summed E-state index contributed by atoms with van der Waals surface area (Å²) in [5.74, 6) is 1.83. The molecule has 0 radical (unpaired) electrons. The summed E-state index contributed by atoms with van der Waals surface area (Å²) in [6.07, 6.45) is 2.87. The highest BCUT2D eigenvalue weighted by atomic mass is 16.5. The van der Waals surface area contributed by atoms with E-state index in [1.54, 1.807) is 26.4 Å². The molecule has 8 heteroatoms. The van der Waals surface area contributed by atoms with Gasteiger partial charge in [-0.2, -0.15) is 0 Å². The van der Waals surface area contributed by atoms with E-state index in [0.717, 1.165) is 37.9 Å². The van der Waals surface area contributed by atoms with E-state index in [2.05, 4.69) is 24.1 Å². The molecule has 1 N–H and O–H groups in total. The number of hydrogen-bond acceptors (Lipinski definition) is 6. The van der Waals surface area contributed by atoms with Crippen LogP contribution in [0.4, 0.5) is 0 Å². The molecule has 230 valence electrons. The van der Waals surface area contributed by atoms with Crippen LogP contribution in [0.3, 0.4) is 0 Å². The van der Waals surface area contributed by atoms with Crippen molar-refractivity contribution in [2.24, 2.45) is 11.8 Å². The molecule has 0 spiro atoms. The van der Waals surface area contributed by atoms with Crippen LogP contribution in [0.1, 0.15) is 62.9 Å². The van der Waals surface area contributed by atoms with Crippen molar-refractivity contribution in [1.29, 1.82) is 0 Å². The summed E-state index contributed by atoms with van der Waals surface area (Å²) in [4.78, 5) is 31.9. The highest BCUT2D eigenvalue weighted by molar-refractivity contribution is 5.95.